The normalized spacial score (nSPS) is 11.6. The first-order valence-corrected chi connectivity index (χ1v) is 12.0. The zero-order valence-electron chi connectivity index (χ0n) is 18.3. The highest BCUT2D eigenvalue weighted by Crippen LogP contribution is 2.20. The van der Waals surface area contributed by atoms with Crippen LogP contribution in [0.1, 0.15) is 37.8 Å². The molecule has 0 aromatic heterocycles. The number of nitro groups is 1. The minimum atomic E-state index is -0.565. The SMILES string of the molecule is CCCNC(=O)[C@@H](CC)N(Cc1ccc(Cl)cc1)C(=O)CSCc1ccc([N+](=O)[O-])cc1. The molecule has 0 saturated carbocycles. The molecule has 2 aromatic carbocycles. The molecule has 0 aliphatic carbocycles. The maximum absolute atomic E-state index is 13.1. The van der Waals surface area contributed by atoms with E-state index in [0.29, 0.717) is 30.3 Å². The number of nitrogens with one attached hydrogen (secondary N) is 1. The highest BCUT2D eigenvalue weighted by molar-refractivity contribution is 7.99. The van der Waals surface area contributed by atoms with Gasteiger partial charge in [-0.25, -0.2) is 0 Å². The zero-order chi connectivity index (χ0) is 23.5. The minimum Gasteiger partial charge on any atom is -0.354 e. The van der Waals surface area contributed by atoms with Crippen LogP contribution in [0.2, 0.25) is 5.02 Å². The van der Waals surface area contributed by atoms with E-state index in [1.807, 2.05) is 26.0 Å². The average molecular weight is 478 g/mol. The van der Waals surface area contributed by atoms with Gasteiger partial charge in [0.1, 0.15) is 6.04 Å². The number of hydrogen-bond donors (Lipinski definition) is 1. The van der Waals surface area contributed by atoms with E-state index in [9.17, 15) is 19.7 Å². The van der Waals surface area contributed by atoms with Crippen molar-refractivity contribution in [3.8, 4) is 0 Å². The summed E-state index contributed by atoms with van der Waals surface area (Å²) in [7, 11) is 0. The molecule has 0 aliphatic heterocycles. The molecule has 0 radical (unpaired) electrons. The fraction of sp³-hybridized carbons (Fsp3) is 0.391. The summed E-state index contributed by atoms with van der Waals surface area (Å²) in [6.07, 6.45) is 1.32. The third kappa shape index (κ3) is 7.84. The van der Waals surface area contributed by atoms with Crippen LogP contribution in [0.15, 0.2) is 48.5 Å². The Morgan fingerprint density at radius 2 is 1.72 bits per heavy atom. The highest BCUT2D eigenvalue weighted by Gasteiger charge is 2.28. The van der Waals surface area contributed by atoms with Crippen molar-refractivity contribution in [2.75, 3.05) is 12.3 Å². The Morgan fingerprint density at radius 1 is 1.09 bits per heavy atom. The van der Waals surface area contributed by atoms with Gasteiger partial charge in [0.2, 0.25) is 11.8 Å². The molecule has 2 rings (SSSR count). The number of benzene rings is 2. The van der Waals surface area contributed by atoms with Crippen molar-refractivity contribution in [2.24, 2.45) is 0 Å². The van der Waals surface area contributed by atoms with Crippen molar-refractivity contribution in [1.29, 1.82) is 0 Å². The summed E-state index contributed by atoms with van der Waals surface area (Å²) in [5, 5.41) is 14.3. The molecule has 1 atom stereocenters. The van der Waals surface area contributed by atoms with Crippen molar-refractivity contribution >= 4 is 40.9 Å². The molecule has 1 N–H and O–H groups in total. The molecule has 2 amide bonds. The van der Waals surface area contributed by atoms with Gasteiger partial charge in [-0.2, -0.15) is 0 Å². The van der Waals surface area contributed by atoms with E-state index in [1.165, 1.54) is 23.9 Å². The van der Waals surface area contributed by atoms with Gasteiger partial charge < -0.3 is 10.2 Å². The Bertz CT molecular complexity index is 906. The second-order valence-electron chi connectivity index (χ2n) is 7.28. The van der Waals surface area contributed by atoms with Gasteiger partial charge in [0.15, 0.2) is 0 Å². The van der Waals surface area contributed by atoms with Gasteiger partial charge in [0, 0.05) is 36.0 Å². The maximum Gasteiger partial charge on any atom is 0.269 e. The predicted molar refractivity (Wildman–Crippen MR) is 129 cm³/mol. The van der Waals surface area contributed by atoms with E-state index in [4.69, 9.17) is 11.6 Å². The molecule has 0 aliphatic rings. The van der Waals surface area contributed by atoms with Crippen LogP contribution >= 0.6 is 23.4 Å². The molecule has 0 spiro atoms. The molecule has 9 heteroatoms. The molecule has 7 nitrogen and oxygen atoms in total. The summed E-state index contributed by atoms with van der Waals surface area (Å²) in [6.45, 7) is 4.74. The lowest BCUT2D eigenvalue weighted by molar-refractivity contribution is -0.384. The molecule has 2 aromatic rings. The van der Waals surface area contributed by atoms with Gasteiger partial charge in [-0.05, 0) is 36.1 Å². The molecule has 0 fully saturated rings. The van der Waals surface area contributed by atoms with Crippen LogP contribution < -0.4 is 5.32 Å². The molecule has 0 saturated heterocycles. The summed E-state index contributed by atoms with van der Waals surface area (Å²) in [5.74, 6) is 0.446. The van der Waals surface area contributed by atoms with Crippen LogP contribution in [0.25, 0.3) is 0 Å². The Labute approximate surface area is 197 Å². The smallest absolute Gasteiger partial charge is 0.269 e. The number of rotatable bonds is 12. The third-order valence-corrected chi connectivity index (χ3v) is 6.08. The molecule has 0 unspecified atom stereocenters. The van der Waals surface area contributed by atoms with Crippen LogP contribution in [-0.2, 0) is 21.9 Å². The second-order valence-corrected chi connectivity index (χ2v) is 8.70. The van der Waals surface area contributed by atoms with E-state index < -0.39 is 11.0 Å². The van der Waals surface area contributed by atoms with E-state index in [2.05, 4.69) is 5.32 Å². The first kappa shape index (κ1) is 25.7. The number of nitro benzene ring substituents is 1. The van der Waals surface area contributed by atoms with Crippen LogP contribution in [0.3, 0.4) is 0 Å². The average Bonchev–Trinajstić information content (AvgIpc) is 2.79. The lowest BCUT2D eigenvalue weighted by Gasteiger charge is -2.30. The van der Waals surface area contributed by atoms with Crippen molar-refractivity contribution in [2.45, 2.75) is 45.0 Å². The summed E-state index contributed by atoms with van der Waals surface area (Å²) in [5.41, 5.74) is 1.82. The highest BCUT2D eigenvalue weighted by atomic mass is 35.5. The number of thioether (sulfide) groups is 1. The standard InChI is InChI=1S/C23H28ClN3O4S/c1-3-13-25-23(29)21(4-2)26(14-17-5-9-19(24)10-6-17)22(28)16-32-15-18-7-11-20(12-8-18)27(30)31/h5-12,21H,3-4,13-16H2,1-2H3,(H,25,29)/t21-/m1/s1. The van der Waals surface area contributed by atoms with Crippen LogP contribution in [-0.4, -0.2) is 40.0 Å². The Kier molecular flexibility index (Phi) is 10.5. The topological polar surface area (TPSA) is 92.6 Å². The van der Waals surface area contributed by atoms with E-state index >= 15 is 0 Å². The van der Waals surface area contributed by atoms with E-state index in [-0.39, 0.29) is 23.3 Å². The number of halogens is 1. The molecule has 172 valence electrons. The van der Waals surface area contributed by atoms with Gasteiger partial charge in [-0.15, -0.1) is 11.8 Å². The lowest BCUT2D eigenvalue weighted by atomic mass is 10.1. The molecule has 0 heterocycles. The van der Waals surface area contributed by atoms with Crippen molar-refractivity contribution in [3.05, 3.63) is 74.8 Å². The van der Waals surface area contributed by atoms with Gasteiger partial charge in [-0.1, -0.05) is 49.7 Å². The molecular weight excluding hydrogens is 450 g/mol. The number of hydrogen-bond acceptors (Lipinski definition) is 5. The van der Waals surface area contributed by atoms with Crippen molar-refractivity contribution < 1.29 is 14.5 Å². The van der Waals surface area contributed by atoms with Gasteiger partial charge in [-0.3, -0.25) is 19.7 Å². The molecule has 32 heavy (non-hydrogen) atoms. The Balaban J connectivity index is 2.08. The van der Waals surface area contributed by atoms with Crippen molar-refractivity contribution in [1.82, 2.24) is 10.2 Å². The number of carbonyl (C=O) groups is 2. The summed E-state index contributed by atoms with van der Waals surface area (Å²) in [6, 6.07) is 13.0. The third-order valence-electron chi connectivity index (χ3n) is 4.84. The maximum atomic E-state index is 13.1. The van der Waals surface area contributed by atoms with Gasteiger partial charge >= 0.3 is 0 Å². The largest absolute Gasteiger partial charge is 0.354 e. The number of non-ortho nitro benzene ring substituents is 1. The first-order valence-electron chi connectivity index (χ1n) is 10.5. The minimum absolute atomic E-state index is 0.0350. The van der Waals surface area contributed by atoms with E-state index in [1.54, 1.807) is 29.2 Å². The van der Waals surface area contributed by atoms with Gasteiger partial charge in [0.25, 0.3) is 5.69 Å². The fourth-order valence-electron chi connectivity index (χ4n) is 3.13. The monoisotopic (exact) mass is 477 g/mol. The van der Waals surface area contributed by atoms with Crippen LogP contribution in [0.4, 0.5) is 5.69 Å². The Hall–Kier alpha value is -2.58. The zero-order valence-corrected chi connectivity index (χ0v) is 19.8. The molecular formula is C23H28ClN3O4S. The number of carbonyl (C=O) groups excluding carboxylic acids is 2. The Morgan fingerprint density at radius 3 is 2.28 bits per heavy atom. The number of amides is 2. The van der Waals surface area contributed by atoms with E-state index in [0.717, 1.165) is 17.5 Å². The van der Waals surface area contributed by atoms with Crippen molar-refractivity contribution in [3.63, 3.8) is 0 Å². The fourth-order valence-corrected chi connectivity index (χ4v) is 4.12. The number of nitrogens with zero attached hydrogens (tertiary/aromatic N) is 2. The van der Waals surface area contributed by atoms with Crippen LogP contribution in [0.5, 0.6) is 0 Å². The first-order chi connectivity index (χ1) is 15.3. The van der Waals surface area contributed by atoms with Crippen LogP contribution in [0, 0.1) is 10.1 Å². The molecule has 0 bridgehead atoms. The lowest BCUT2D eigenvalue weighted by Crippen LogP contribution is -2.49. The summed E-state index contributed by atoms with van der Waals surface area (Å²) in [4.78, 5) is 37.8. The second kappa shape index (κ2) is 13.1. The van der Waals surface area contributed by atoms with Gasteiger partial charge in [0.05, 0.1) is 10.7 Å². The summed E-state index contributed by atoms with van der Waals surface area (Å²) >= 11 is 7.39. The summed E-state index contributed by atoms with van der Waals surface area (Å²) < 4.78 is 0. The quantitative estimate of drug-likeness (QED) is 0.349. The predicted octanol–water partition coefficient (Wildman–Crippen LogP) is 4.82.